The Morgan fingerprint density at radius 2 is 1.62 bits per heavy atom. The number of terminal acetylenes is 1. The Morgan fingerprint density at radius 1 is 1.02 bits per heavy atom. The topological polar surface area (TPSA) is 65.1 Å². The molecule has 0 amide bonds. The van der Waals surface area contributed by atoms with Crippen LogP contribution in [0.4, 0.5) is 0 Å². The SMILES string of the molecule is C#CCOc1c(CC=C)cc(C2C3=C(CC(C)(C)CC3=O)N(CCCOC)C3=C2C(=O)CC(C)(C)C3)cc1OC. The number of carbonyl (C=O) groups is 2. The van der Waals surface area contributed by atoms with Crippen LogP contribution in [0.2, 0.25) is 0 Å². The van der Waals surface area contributed by atoms with Gasteiger partial charge in [0.1, 0.15) is 6.61 Å². The Kier molecular flexibility index (Phi) is 8.66. The van der Waals surface area contributed by atoms with Crippen molar-refractivity contribution in [2.24, 2.45) is 10.8 Å². The Morgan fingerprint density at radius 3 is 2.12 bits per heavy atom. The monoisotopic (exact) mass is 545 g/mol. The molecule has 0 fully saturated rings. The van der Waals surface area contributed by atoms with Gasteiger partial charge in [-0.15, -0.1) is 13.0 Å². The highest BCUT2D eigenvalue weighted by molar-refractivity contribution is 6.06. The normalized spacial score (nSPS) is 20.2. The lowest BCUT2D eigenvalue weighted by Crippen LogP contribution is -2.44. The molecule has 0 bridgehead atoms. The van der Waals surface area contributed by atoms with Crippen LogP contribution in [0.5, 0.6) is 11.5 Å². The van der Waals surface area contributed by atoms with Crippen LogP contribution < -0.4 is 9.47 Å². The zero-order chi connectivity index (χ0) is 29.2. The van der Waals surface area contributed by atoms with Crippen LogP contribution in [0.1, 0.15) is 76.8 Å². The molecule has 0 atom stereocenters. The molecule has 4 rings (SSSR count). The third-order valence-electron chi connectivity index (χ3n) is 8.12. The molecular weight excluding hydrogens is 502 g/mol. The molecule has 0 unspecified atom stereocenters. The fraction of sp³-hybridized carbons (Fsp3) is 0.529. The lowest BCUT2D eigenvalue weighted by molar-refractivity contribution is -0.119. The van der Waals surface area contributed by atoms with Crippen molar-refractivity contribution in [2.45, 2.75) is 72.1 Å². The molecule has 0 saturated carbocycles. The summed E-state index contributed by atoms with van der Waals surface area (Å²) in [6.07, 6.45) is 11.0. The number of ketones is 2. The molecule has 1 aromatic carbocycles. The van der Waals surface area contributed by atoms with Crippen LogP contribution in [0.25, 0.3) is 0 Å². The highest BCUT2D eigenvalue weighted by Gasteiger charge is 2.49. The Labute approximate surface area is 239 Å². The van der Waals surface area contributed by atoms with E-state index in [1.165, 1.54) is 0 Å². The minimum Gasteiger partial charge on any atom is -0.493 e. The van der Waals surface area contributed by atoms with E-state index < -0.39 is 5.92 Å². The van der Waals surface area contributed by atoms with E-state index in [1.807, 2.05) is 12.1 Å². The molecule has 6 nitrogen and oxygen atoms in total. The van der Waals surface area contributed by atoms with Crippen molar-refractivity contribution in [3.8, 4) is 23.8 Å². The van der Waals surface area contributed by atoms with Gasteiger partial charge in [-0.1, -0.05) is 45.8 Å². The quantitative estimate of drug-likeness (QED) is 0.199. The summed E-state index contributed by atoms with van der Waals surface area (Å²) in [5.41, 5.74) is 4.94. The van der Waals surface area contributed by atoms with Gasteiger partial charge in [0.15, 0.2) is 23.1 Å². The first-order valence-electron chi connectivity index (χ1n) is 14.1. The molecule has 1 heterocycles. The number of carbonyl (C=O) groups excluding carboxylic acids is 2. The minimum absolute atomic E-state index is 0.103. The van der Waals surface area contributed by atoms with Crippen LogP contribution in [0.3, 0.4) is 0 Å². The summed E-state index contributed by atoms with van der Waals surface area (Å²) in [5.74, 6) is 3.37. The molecule has 0 spiro atoms. The van der Waals surface area contributed by atoms with Gasteiger partial charge in [0.25, 0.3) is 0 Å². The van der Waals surface area contributed by atoms with Crippen LogP contribution in [0, 0.1) is 23.2 Å². The van der Waals surface area contributed by atoms with Gasteiger partial charge in [0.2, 0.25) is 0 Å². The third kappa shape index (κ3) is 5.76. The molecule has 0 saturated heterocycles. The number of hydrogen-bond acceptors (Lipinski definition) is 6. The van der Waals surface area contributed by atoms with Gasteiger partial charge in [-0.2, -0.15) is 0 Å². The van der Waals surface area contributed by atoms with Gasteiger partial charge in [0, 0.05) is 67.1 Å². The summed E-state index contributed by atoms with van der Waals surface area (Å²) in [6, 6.07) is 3.95. The fourth-order valence-corrected chi connectivity index (χ4v) is 6.60. The third-order valence-corrected chi connectivity index (χ3v) is 8.12. The number of benzene rings is 1. The predicted molar refractivity (Wildman–Crippen MR) is 157 cm³/mol. The van der Waals surface area contributed by atoms with Crippen molar-refractivity contribution < 1.29 is 23.8 Å². The first-order chi connectivity index (χ1) is 19.0. The van der Waals surface area contributed by atoms with E-state index in [0.717, 1.165) is 52.9 Å². The maximum Gasteiger partial charge on any atom is 0.166 e. The molecule has 1 aliphatic heterocycles. The zero-order valence-electron chi connectivity index (χ0n) is 24.9. The summed E-state index contributed by atoms with van der Waals surface area (Å²) < 4.78 is 17.1. The average Bonchev–Trinajstić information content (AvgIpc) is 2.86. The Bertz CT molecular complexity index is 1250. The molecule has 0 radical (unpaired) electrons. The molecular formula is C34H43NO5. The number of methoxy groups -OCH3 is 2. The molecule has 40 heavy (non-hydrogen) atoms. The van der Waals surface area contributed by atoms with Gasteiger partial charge < -0.3 is 19.1 Å². The fourth-order valence-electron chi connectivity index (χ4n) is 6.60. The largest absolute Gasteiger partial charge is 0.493 e. The second-order valence-electron chi connectivity index (χ2n) is 12.7. The summed E-state index contributed by atoms with van der Waals surface area (Å²) in [6.45, 7) is 14.0. The first kappa shape index (κ1) is 29.7. The number of ether oxygens (including phenoxy) is 3. The van der Waals surface area contributed by atoms with Crippen molar-refractivity contribution >= 4 is 11.6 Å². The molecule has 0 N–H and O–H groups in total. The average molecular weight is 546 g/mol. The lowest BCUT2D eigenvalue weighted by Gasteiger charge is -2.49. The lowest BCUT2D eigenvalue weighted by atomic mass is 9.63. The second kappa shape index (κ2) is 11.7. The molecule has 1 aromatic rings. The van der Waals surface area contributed by atoms with Crippen molar-refractivity contribution in [3.05, 3.63) is 58.5 Å². The predicted octanol–water partition coefficient (Wildman–Crippen LogP) is 6.16. The maximum atomic E-state index is 14.0. The van der Waals surface area contributed by atoms with Gasteiger partial charge >= 0.3 is 0 Å². The summed E-state index contributed by atoms with van der Waals surface area (Å²) >= 11 is 0. The number of hydrogen-bond donors (Lipinski definition) is 0. The standard InChI is InChI=1S/C34H43NO5/c1-9-12-22-16-23(17-28(39-8)32(22)40-14-10-2)29-30-24(18-33(3,4)20-26(30)36)35(13-11-15-38-7)25-19-34(5,6)21-27(37)31(25)29/h2,9,16-17,29H,1,11-15,18-21H2,3-8H3. The van der Waals surface area contributed by atoms with E-state index in [1.54, 1.807) is 20.3 Å². The summed E-state index contributed by atoms with van der Waals surface area (Å²) in [5, 5.41) is 0. The molecule has 3 aliphatic rings. The van der Waals surface area contributed by atoms with Gasteiger partial charge in [-0.25, -0.2) is 0 Å². The van der Waals surface area contributed by atoms with Crippen LogP contribution in [-0.4, -0.2) is 50.4 Å². The van der Waals surface area contributed by atoms with E-state index in [9.17, 15) is 9.59 Å². The van der Waals surface area contributed by atoms with Crippen LogP contribution >= 0.6 is 0 Å². The molecule has 0 aromatic heterocycles. The highest BCUT2D eigenvalue weighted by Crippen LogP contribution is 2.55. The van der Waals surface area contributed by atoms with Crippen LogP contribution in [-0.2, 0) is 20.7 Å². The summed E-state index contributed by atoms with van der Waals surface area (Å²) in [4.78, 5) is 30.4. The minimum atomic E-state index is -0.463. The van der Waals surface area contributed by atoms with Gasteiger partial charge in [-0.3, -0.25) is 9.59 Å². The van der Waals surface area contributed by atoms with E-state index >= 15 is 0 Å². The number of rotatable bonds is 10. The van der Waals surface area contributed by atoms with Crippen LogP contribution in [0.15, 0.2) is 47.3 Å². The van der Waals surface area contributed by atoms with Crippen molar-refractivity contribution in [1.82, 2.24) is 4.90 Å². The number of allylic oxidation sites excluding steroid dienone is 5. The Hall–Kier alpha value is -3.30. The van der Waals surface area contributed by atoms with Crippen molar-refractivity contribution in [3.63, 3.8) is 0 Å². The molecule has 2 aliphatic carbocycles. The van der Waals surface area contributed by atoms with Crippen molar-refractivity contribution in [2.75, 3.05) is 34.0 Å². The van der Waals surface area contributed by atoms with E-state index in [2.05, 4.69) is 45.1 Å². The first-order valence-corrected chi connectivity index (χ1v) is 14.1. The van der Waals surface area contributed by atoms with Gasteiger partial charge in [-0.05, 0) is 48.1 Å². The molecule has 6 heteroatoms. The Balaban J connectivity index is 2.00. The van der Waals surface area contributed by atoms with E-state index in [-0.39, 0.29) is 29.0 Å². The smallest absolute Gasteiger partial charge is 0.166 e. The van der Waals surface area contributed by atoms with Gasteiger partial charge in [0.05, 0.1) is 7.11 Å². The zero-order valence-corrected chi connectivity index (χ0v) is 24.9. The maximum absolute atomic E-state index is 14.0. The van der Waals surface area contributed by atoms with Crippen molar-refractivity contribution in [1.29, 1.82) is 0 Å². The number of Topliss-reactive ketones (excluding diaryl/α,β-unsaturated/α-hetero) is 2. The summed E-state index contributed by atoms with van der Waals surface area (Å²) in [7, 11) is 3.29. The van der Waals surface area contributed by atoms with E-state index in [4.69, 9.17) is 20.6 Å². The highest BCUT2D eigenvalue weighted by atomic mass is 16.5. The number of nitrogens with zero attached hydrogens (tertiary/aromatic N) is 1. The molecule has 214 valence electrons. The second-order valence-corrected chi connectivity index (χ2v) is 12.7. The van der Waals surface area contributed by atoms with E-state index in [0.29, 0.717) is 43.9 Å².